The molecule has 0 unspecified atom stereocenters. The van der Waals surface area contributed by atoms with Gasteiger partial charge in [0.2, 0.25) is 0 Å². The molecule has 27 heavy (non-hydrogen) atoms. The van der Waals surface area contributed by atoms with E-state index < -0.39 is 0 Å². The molecule has 1 aliphatic carbocycles. The first-order valence-corrected chi connectivity index (χ1v) is 12.7. The van der Waals surface area contributed by atoms with Gasteiger partial charge in [-0.3, -0.25) is 0 Å². The zero-order valence-corrected chi connectivity index (χ0v) is 19.5. The Kier molecular flexibility index (Phi) is 7.25. The van der Waals surface area contributed by atoms with E-state index in [1.165, 1.54) is 41.0 Å². The Morgan fingerprint density at radius 2 is 1.96 bits per heavy atom. The quantitative estimate of drug-likeness (QED) is 0.354. The summed E-state index contributed by atoms with van der Waals surface area (Å²) in [5, 5.41) is 1.30. The van der Waals surface area contributed by atoms with Crippen molar-refractivity contribution in [2.75, 3.05) is 6.54 Å². The zero-order chi connectivity index (χ0) is 19.4. The summed E-state index contributed by atoms with van der Waals surface area (Å²) in [5.41, 5.74) is 1.57. The molecule has 0 spiro atoms. The van der Waals surface area contributed by atoms with Gasteiger partial charge in [0.15, 0.2) is 0 Å². The summed E-state index contributed by atoms with van der Waals surface area (Å²) in [6, 6.07) is 11.0. The molecule has 1 heterocycles. The van der Waals surface area contributed by atoms with Crippen molar-refractivity contribution in [1.82, 2.24) is 4.90 Å². The van der Waals surface area contributed by atoms with Crippen LogP contribution in [0, 0.1) is 11.8 Å². The second kappa shape index (κ2) is 9.26. The SMILES string of the molecule is CC(C)=C[C@@H]1O[C@@H]2C[C@H](C)CC[C@H]2C(C)(C)N1CCC[Se]c1ccccc1. The fourth-order valence-corrected chi connectivity index (χ4v) is 6.65. The Morgan fingerprint density at radius 3 is 2.67 bits per heavy atom. The Bertz CT molecular complexity index is 623. The van der Waals surface area contributed by atoms with Crippen LogP contribution in [0.5, 0.6) is 0 Å². The predicted octanol–water partition coefficient (Wildman–Crippen LogP) is 5.03. The minimum absolute atomic E-state index is 0.140. The third-order valence-corrected chi connectivity index (χ3v) is 8.66. The molecule has 1 aromatic rings. The normalized spacial score (nSPS) is 30.6. The van der Waals surface area contributed by atoms with Gasteiger partial charge in [0.25, 0.3) is 0 Å². The maximum absolute atomic E-state index is 6.69. The average Bonchev–Trinajstić information content (AvgIpc) is 2.60. The standard InChI is InChI=1S/C24H37NOSe/c1-18(2)16-23-25(14-9-15-27-20-10-7-6-8-11-20)24(4,5)21-13-12-19(3)17-22(21)26-23/h6-8,10-11,16,19,21-23H,9,12-15,17H2,1-5H3/t19-,21-,22-,23+/m1/s1. The van der Waals surface area contributed by atoms with E-state index in [1.54, 1.807) is 0 Å². The third-order valence-electron chi connectivity index (χ3n) is 6.35. The molecule has 150 valence electrons. The third kappa shape index (κ3) is 5.26. The summed E-state index contributed by atoms with van der Waals surface area (Å²) in [6.07, 6.45) is 8.06. The van der Waals surface area contributed by atoms with E-state index in [0.717, 1.165) is 12.5 Å². The van der Waals surface area contributed by atoms with E-state index in [1.807, 2.05) is 0 Å². The van der Waals surface area contributed by atoms with Gasteiger partial charge in [-0.2, -0.15) is 0 Å². The van der Waals surface area contributed by atoms with Crippen molar-refractivity contribution in [2.45, 2.75) is 83.5 Å². The fraction of sp³-hybridized carbons (Fsp3) is 0.667. The molecule has 3 heteroatoms. The van der Waals surface area contributed by atoms with Crippen LogP contribution < -0.4 is 4.46 Å². The van der Waals surface area contributed by atoms with Gasteiger partial charge >= 0.3 is 173 Å². The molecule has 0 aromatic heterocycles. The molecule has 0 bridgehead atoms. The predicted molar refractivity (Wildman–Crippen MR) is 117 cm³/mol. The number of hydrogen-bond donors (Lipinski definition) is 0. The molecule has 1 saturated carbocycles. The first-order valence-electron chi connectivity index (χ1n) is 10.6. The van der Waals surface area contributed by atoms with E-state index >= 15 is 0 Å². The van der Waals surface area contributed by atoms with Crippen LogP contribution in [0.3, 0.4) is 0 Å². The zero-order valence-electron chi connectivity index (χ0n) is 17.8. The topological polar surface area (TPSA) is 12.5 Å². The van der Waals surface area contributed by atoms with E-state index in [0.29, 0.717) is 27.0 Å². The molecule has 0 N–H and O–H groups in total. The van der Waals surface area contributed by atoms with Gasteiger partial charge in [-0.05, 0) is 0 Å². The molecular weight excluding hydrogens is 397 g/mol. The van der Waals surface area contributed by atoms with Crippen molar-refractivity contribution in [2.24, 2.45) is 11.8 Å². The van der Waals surface area contributed by atoms with E-state index in [2.05, 4.69) is 75.9 Å². The van der Waals surface area contributed by atoms with Crippen LogP contribution in [0.4, 0.5) is 0 Å². The van der Waals surface area contributed by atoms with Gasteiger partial charge in [-0.15, -0.1) is 0 Å². The molecule has 4 atom stereocenters. The molecule has 1 saturated heterocycles. The molecular formula is C24H37NOSe. The summed E-state index contributed by atoms with van der Waals surface area (Å²) in [6.45, 7) is 12.9. The van der Waals surface area contributed by atoms with Crippen LogP contribution >= 0.6 is 0 Å². The number of nitrogens with zero attached hydrogens (tertiary/aromatic N) is 1. The van der Waals surface area contributed by atoms with Gasteiger partial charge in [-0.1, -0.05) is 0 Å². The fourth-order valence-electron chi connectivity index (χ4n) is 4.85. The summed E-state index contributed by atoms with van der Waals surface area (Å²) in [7, 11) is 0. The molecule has 0 radical (unpaired) electrons. The Balaban J connectivity index is 1.66. The van der Waals surface area contributed by atoms with Crippen LogP contribution in [-0.2, 0) is 4.74 Å². The van der Waals surface area contributed by atoms with Crippen molar-refractivity contribution >= 4 is 19.4 Å². The van der Waals surface area contributed by atoms with E-state index in [4.69, 9.17) is 4.74 Å². The second-order valence-corrected chi connectivity index (χ2v) is 11.6. The van der Waals surface area contributed by atoms with Gasteiger partial charge < -0.3 is 0 Å². The summed E-state index contributed by atoms with van der Waals surface area (Å²) >= 11 is 0.580. The van der Waals surface area contributed by atoms with Crippen molar-refractivity contribution in [3.8, 4) is 0 Å². The van der Waals surface area contributed by atoms with Gasteiger partial charge in [0.05, 0.1) is 0 Å². The Hall–Kier alpha value is -0.601. The van der Waals surface area contributed by atoms with Gasteiger partial charge in [0, 0.05) is 0 Å². The second-order valence-electron chi connectivity index (χ2n) is 9.20. The van der Waals surface area contributed by atoms with E-state index in [-0.39, 0.29) is 11.8 Å². The summed E-state index contributed by atoms with van der Waals surface area (Å²) < 4.78 is 8.20. The maximum atomic E-state index is 6.69. The number of allylic oxidation sites excluding steroid dienone is 1. The summed E-state index contributed by atoms with van der Waals surface area (Å²) in [4.78, 5) is 2.66. The van der Waals surface area contributed by atoms with Crippen LogP contribution in [0.15, 0.2) is 42.0 Å². The van der Waals surface area contributed by atoms with Crippen LogP contribution in [-0.4, -0.2) is 44.3 Å². The Labute approximate surface area is 172 Å². The number of rotatable bonds is 6. The van der Waals surface area contributed by atoms with Crippen molar-refractivity contribution < 1.29 is 4.74 Å². The van der Waals surface area contributed by atoms with Crippen LogP contribution in [0.2, 0.25) is 5.32 Å². The monoisotopic (exact) mass is 435 g/mol. The van der Waals surface area contributed by atoms with Crippen LogP contribution in [0.1, 0.15) is 60.3 Å². The first kappa shape index (κ1) is 21.1. The van der Waals surface area contributed by atoms with E-state index in [9.17, 15) is 0 Å². The summed E-state index contributed by atoms with van der Waals surface area (Å²) in [5.74, 6) is 1.46. The van der Waals surface area contributed by atoms with Crippen LogP contribution in [0.25, 0.3) is 0 Å². The molecule has 0 amide bonds. The number of fused-ring (bicyclic) bond motifs is 1. The number of ether oxygens (including phenoxy) is 1. The van der Waals surface area contributed by atoms with Gasteiger partial charge in [0.1, 0.15) is 0 Å². The number of benzene rings is 1. The van der Waals surface area contributed by atoms with Crippen molar-refractivity contribution in [1.29, 1.82) is 0 Å². The molecule has 2 fully saturated rings. The van der Waals surface area contributed by atoms with Gasteiger partial charge in [-0.25, -0.2) is 0 Å². The van der Waals surface area contributed by atoms with Crippen molar-refractivity contribution in [3.05, 3.63) is 42.0 Å². The molecule has 2 aliphatic rings. The molecule has 2 nitrogen and oxygen atoms in total. The molecule has 1 aromatic carbocycles. The average molecular weight is 435 g/mol. The van der Waals surface area contributed by atoms with Crippen molar-refractivity contribution in [3.63, 3.8) is 0 Å². The molecule has 1 aliphatic heterocycles. The number of hydrogen-bond acceptors (Lipinski definition) is 2. The minimum atomic E-state index is 0.140. The Morgan fingerprint density at radius 1 is 1.22 bits per heavy atom. The molecule has 3 rings (SSSR count). The first-order chi connectivity index (χ1) is 12.9.